The molecule has 28 heavy (non-hydrogen) atoms. The summed E-state index contributed by atoms with van der Waals surface area (Å²) in [5.41, 5.74) is 1.95. The van der Waals surface area contributed by atoms with Crippen LogP contribution in [0.25, 0.3) is 0 Å². The summed E-state index contributed by atoms with van der Waals surface area (Å²) in [6, 6.07) is 16.6. The third-order valence-corrected chi connectivity index (χ3v) is 8.37. The molecule has 2 saturated heterocycles. The molecule has 2 aromatic carbocycles. The smallest absolute Gasteiger partial charge is 0.254 e. The van der Waals surface area contributed by atoms with Crippen LogP contribution in [-0.2, 0) is 16.3 Å². The Morgan fingerprint density at radius 1 is 0.964 bits per heavy atom. The highest BCUT2D eigenvalue weighted by Gasteiger charge is 2.47. The minimum atomic E-state index is -3.35. The van der Waals surface area contributed by atoms with Gasteiger partial charge < -0.3 is 4.90 Å². The molecule has 0 spiro atoms. The van der Waals surface area contributed by atoms with Gasteiger partial charge in [-0.15, -0.1) is 0 Å². The number of aryl methyl sites for hydroxylation is 1. The van der Waals surface area contributed by atoms with E-state index in [-0.39, 0.29) is 18.0 Å². The minimum Gasteiger partial charge on any atom is -0.333 e. The summed E-state index contributed by atoms with van der Waals surface area (Å²) in [6.45, 7) is 2.14. The Hall–Kier alpha value is -2.14. The molecule has 2 fully saturated rings. The summed E-state index contributed by atoms with van der Waals surface area (Å²) in [6.07, 6.45) is 4.96. The molecule has 0 radical (unpaired) electrons. The van der Waals surface area contributed by atoms with Crippen molar-refractivity contribution in [3.05, 3.63) is 65.7 Å². The first-order valence-electron chi connectivity index (χ1n) is 10.2. The van der Waals surface area contributed by atoms with Gasteiger partial charge in [0.2, 0.25) is 0 Å². The average Bonchev–Trinajstić information content (AvgIpc) is 2.97. The lowest BCUT2D eigenvalue weighted by Gasteiger charge is -2.38. The van der Waals surface area contributed by atoms with Gasteiger partial charge in [-0.3, -0.25) is 4.79 Å². The number of carbonyl (C=O) groups is 1. The molecular formula is C23H27NO3S. The van der Waals surface area contributed by atoms with Crippen LogP contribution in [0.15, 0.2) is 59.5 Å². The number of rotatable bonds is 5. The van der Waals surface area contributed by atoms with Crippen molar-refractivity contribution >= 4 is 15.7 Å². The summed E-state index contributed by atoms with van der Waals surface area (Å²) in [5.74, 6) is 0.0473. The molecule has 0 aromatic heterocycles. The molecule has 1 amide bonds. The van der Waals surface area contributed by atoms with Crippen LogP contribution in [0, 0.1) is 0 Å². The maximum atomic E-state index is 13.1. The highest BCUT2D eigenvalue weighted by atomic mass is 32.2. The third kappa shape index (κ3) is 3.48. The van der Waals surface area contributed by atoms with Crippen molar-refractivity contribution in [2.45, 2.75) is 67.7 Å². The molecule has 2 aliphatic rings. The molecule has 0 unspecified atom stereocenters. The minimum absolute atomic E-state index is 0.0186. The Balaban J connectivity index is 1.52. The number of piperidine rings is 1. The van der Waals surface area contributed by atoms with E-state index in [1.165, 1.54) is 5.56 Å². The van der Waals surface area contributed by atoms with Crippen LogP contribution in [0.3, 0.4) is 0 Å². The Morgan fingerprint density at radius 2 is 1.57 bits per heavy atom. The number of sulfone groups is 1. The molecule has 2 aliphatic heterocycles. The summed E-state index contributed by atoms with van der Waals surface area (Å²) in [4.78, 5) is 15.5. The molecule has 2 aromatic rings. The number of hydrogen-bond acceptors (Lipinski definition) is 3. The molecule has 0 aliphatic carbocycles. The largest absolute Gasteiger partial charge is 0.333 e. The molecule has 2 heterocycles. The van der Waals surface area contributed by atoms with Gasteiger partial charge in [0.25, 0.3) is 5.91 Å². The van der Waals surface area contributed by atoms with E-state index in [0.29, 0.717) is 23.3 Å². The Kier molecular flexibility index (Phi) is 5.28. The van der Waals surface area contributed by atoms with E-state index < -0.39 is 15.1 Å². The van der Waals surface area contributed by atoms with E-state index in [2.05, 4.69) is 6.92 Å². The molecule has 5 heteroatoms. The van der Waals surface area contributed by atoms with E-state index in [0.717, 1.165) is 25.7 Å². The van der Waals surface area contributed by atoms with E-state index in [1.54, 1.807) is 24.3 Å². The van der Waals surface area contributed by atoms with Gasteiger partial charge in [0.15, 0.2) is 9.84 Å². The number of carbonyl (C=O) groups excluding carboxylic acids is 1. The van der Waals surface area contributed by atoms with Crippen molar-refractivity contribution < 1.29 is 13.2 Å². The maximum Gasteiger partial charge on any atom is 0.254 e. The topological polar surface area (TPSA) is 54.5 Å². The zero-order valence-corrected chi connectivity index (χ0v) is 17.1. The predicted octanol–water partition coefficient (Wildman–Crippen LogP) is 4.25. The molecule has 148 valence electrons. The zero-order chi connectivity index (χ0) is 19.7. The molecule has 0 saturated carbocycles. The van der Waals surface area contributed by atoms with E-state index in [1.807, 2.05) is 35.2 Å². The number of fused-ring (bicyclic) bond motifs is 2. The summed E-state index contributed by atoms with van der Waals surface area (Å²) in [7, 11) is -3.35. The highest BCUT2D eigenvalue weighted by Crippen LogP contribution is 2.40. The number of nitrogens with zero attached hydrogens (tertiary/aromatic N) is 1. The second-order valence-corrected chi connectivity index (χ2v) is 10.2. The van der Waals surface area contributed by atoms with E-state index in [9.17, 15) is 13.2 Å². The zero-order valence-electron chi connectivity index (χ0n) is 16.3. The fourth-order valence-electron chi connectivity index (χ4n) is 4.77. The second kappa shape index (κ2) is 7.70. The van der Waals surface area contributed by atoms with Crippen molar-refractivity contribution in [2.24, 2.45) is 0 Å². The van der Waals surface area contributed by atoms with Crippen molar-refractivity contribution in [2.75, 3.05) is 0 Å². The molecular weight excluding hydrogens is 370 g/mol. The van der Waals surface area contributed by atoms with Crippen LogP contribution in [0.4, 0.5) is 0 Å². The van der Waals surface area contributed by atoms with Gasteiger partial charge in [0, 0.05) is 17.6 Å². The highest BCUT2D eigenvalue weighted by molar-refractivity contribution is 7.92. The molecule has 2 atom stereocenters. The van der Waals surface area contributed by atoms with Crippen molar-refractivity contribution in [1.82, 2.24) is 4.90 Å². The maximum absolute atomic E-state index is 13.1. The van der Waals surface area contributed by atoms with Gasteiger partial charge in [-0.25, -0.2) is 8.42 Å². The monoisotopic (exact) mass is 397 g/mol. The fourth-order valence-corrected chi connectivity index (χ4v) is 6.64. The quantitative estimate of drug-likeness (QED) is 0.758. The lowest BCUT2D eigenvalue weighted by molar-refractivity contribution is 0.0598. The van der Waals surface area contributed by atoms with Crippen LogP contribution in [0.5, 0.6) is 0 Å². The lowest BCUT2D eigenvalue weighted by Crippen LogP contribution is -2.49. The second-order valence-electron chi connectivity index (χ2n) is 8.00. The predicted molar refractivity (Wildman–Crippen MR) is 110 cm³/mol. The average molecular weight is 398 g/mol. The number of benzene rings is 2. The first-order chi connectivity index (χ1) is 13.5. The van der Waals surface area contributed by atoms with Gasteiger partial charge in [-0.2, -0.15) is 0 Å². The summed E-state index contributed by atoms with van der Waals surface area (Å²) >= 11 is 0. The van der Waals surface area contributed by atoms with Crippen LogP contribution in [0.1, 0.15) is 54.9 Å². The number of amides is 1. The fraction of sp³-hybridized carbons (Fsp3) is 0.435. The Morgan fingerprint density at radius 3 is 2.14 bits per heavy atom. The van der Waals surface area contributed by atoms with Gasteiger partial charge in [0.1, 0.15) is 0 Å². The molecule has 2 bridgehead atoms. The van der Waals surface area contributed by atoms with E-state index >= 15 is 0 Å². The normalized spacial score (nSPS) is 24.3. The standard InChI is InChI=1S/C23H27NO3S/c1-2-6-17-9-11-18(12-10-17)23(25)24-19-13-14-20(24)16-22(15-19)28(26,27)21-7-4-3-5-8-21/h3-5,7-12,19-20,22H,2,6,13-16H2,1H3/t19-,20-/m0/s1. The number of hydrogen-bond donors (Lipinski definition) is 0. The van der Waals surface area contributed by atoms with E-state index in [4.69, 9.17) is 0 Å². The summed E-state index contributed by atoms with van der Waals surface area (Å²) < 4.78 is 26.1. The van der Waals surface area contributed by atoms with Crippen molar-refractivity contribution in [3.63, 3.8) is 0 Å². The van der Waals surface area contributed by atoms with Crippen LogP contribution in [0.2, 0.25) is 0 Å². The molecule has 4 nitrogen and oxygen atoms in total. The third-order valence-electron chi connectivity index (χ3n) is 6.17. The van der Waals surface area contributed by atoms with Gasteiger partial charge >= 0.3 is 0 Å². The first-order valence-corrected chi connectivity index (χ1v) is 11.8. The van der Waals surface area contributed by atoms with Crippen molar-refractivity contribution in [3.8, 4) is 0 Å². The van der Waals surface area contributed by atoms with Gasteiger partial charge in [0.05, 0.1) is 10.1 Å². The molecule has 0 N–H and O–H groups in total. The molecule has 4 rings (SSSR count). The first kappa shape index (κ1) is 19.2. The van der Waals surface area contributed by atoms with Crippen LogP contribution >= 0.6 is 0 Å². The van der Waals surface area contributed by atoms with Crippen LogP contribution < -0.4 is 0 Å². The summed E-state index contributed by atoms with van der Waals surface area (Å²) in [5, 5.41) is -0.400. The Bertz CT molecular complexity index is 924. The van der Waals surface area contributed by atoms with Crippen LogP contribution in [-0.4, -0.2) is 36.6 Å². The van der Waals surface area contributed by atoms with Crippen molar-refractivity contribution in [1.29, 1.82) is 0 Å². The Labute approximate surface area is 167 Å². The SMILES string of the molecule is CCCc1ccc(C(=O)N2[C@H]3CC[C@H]2CC(S(=O)(=O)c2ccccc2)C3)cc1. The lowest BCUT2D eigenvalue weighted by atomic mass is 10.00. The van der Waals surface area contributed by atoms with Gasteiger partial charge in [-0.1, -0.05) is 43.7 Å². The van der Waals surface area contributed by atoms with Gasteiger partial charge in [-0.05, 0) is 61.9 Å².